The molecule has 3 heteroatoms. The van der Waals surface area contributed by atoms with Gasteiger partial charge in [-0.25, -0.2) is 0 Å². The third kappa shape index (κ3) is 5.51. The maximum atomic E-state index is 10.4. The largest absolute Gasteiger partial charge is 0.391 e. The number of hydrogen-bond acceptors (Lipinski definition) is 3. The predicted molar refractivity (Wildman–Crippen MR) is 77.8 cm³/mol. The first kappa shape index (κ1) is 15.7. The number of aliphatic hydroxyl groups excluding tert-OH is 1. The van der Waals surface area contributed by atoms with Crippen LogP contribution >= 0.6 is 0 Å². The fraction of sp³-hybridized carbons (Fsp3) is 0.867. The average molecular weight is 254 g/mol. The van der Waals surface area contributed by atoms with Crippen molar-refractivity contribution in [1.82, 2.24) is 9.80 Å². The second kappa shape index (κ2) is 8.68. The van der Waals surface area contributed by atoms with Gasteiger partial charge in [-0.1, -0.05) is 18.9 Å². The molecule has 2 atom stereocenters. The highest BCUT2D eigenvalue weighted by atomic mass is 16.3. The van der Waals surface area contributed by atoms with Crippen molar-refractivity contribution >= 4 is 0 Å². The van der Waals surface area contributed by atoms with E-state index >= 15 is 0 Å². The first-order chi connectivity index (χ1) is 8.65. The molecule has 18 heavy (non-hydrogen) atoms. The van der Waals surface area contributed by atoms with Crippen LogP contribution in [0, 0.1) is 0 Å². The molecule has 0 amide bonds. The minimum absolute atomic E-state index is 0.181. The van der Waals surface area contributed by atoms with Gasteiger partial charge in [0.25, 0.3) is 0 Å². The quantitative estimate of drug-likeness (QED) is 0.557. The third-order valence-corrected chi connectivity index (χ3v) is 3.97. The number of nitrogens with zero attached hydrogens (tertiary/aromatic N) is 2. The van der Waals surface area contributed by atoms with Crippen molar-refractivity contribution in [2.75, 3.05) is 33.7 Å². The maximum Gasteiger partial charge on any atom is 0.0707 e. The van der Waals surface area contributed by atoms with Crippen LogP contribution in [-0.2, 0) is 0 Å². The van der Waals surface area contributed by atoms with Gasteiger partial charge in [0.15, 0.2) is 0 Å². The second-order valence-electron chi connectivity index (χ2n) is 5.66. The molecule has 1 heterocycles. The van der Waals surface area contributed by atoms with Crippen molar-refractivity contribution < 1.29 is 5.11 Å². The molecule has 1 aliphatic rings. The van der Waals surface area contributed by atoms with E-state index in [1.807, 2.05) is 6.08 Å². The summed E-state index contributed by atoms with van der Waals surface area (Å²) in [6.07, 6.45) is 8.57. The summed E-state index contributed by atoms with van der Waals surface area (Å²) < 4.78 is 0. The average Bonchev–Trinajstić information content (AvgIpc) is 2.51. The zero-order valence-electron chi connectivity index (χ0n) is 12.1. The van der Waals surface area contributed by atoms with Crippen LogP contribution < -0.4 is 0 Å². The van der Waals surface area contributed by atoms with Gasteiger partial charge in [-0.15, -0.1) is 6.58 Å². The molecule has 2 unspecified atom stereocenters. The lowest BCUT2D eigenvalue weighted by Crippen LogP contribution is -2.46. The lowest BCUT2D eigenvalue weighted by Gasteiger charge is -2.31. The highest BCUT2D eigenvalue weighted by Gasteiger charge is 2.26. The summed E-state index contributed by atoms with van der Waals surface area (Å²) in [4.78, 5) is 4.67. The number of allylic oxidation sites excluding steroid dienone is 1. The Morgan fingerprint density at radius 2 is 2.06 bits per heavy atom. The normalized spacial score (nSPS) is 24.7. The maximum absolute atomic E-state index is 10.4. The van der Waals surface area contributed by atoms with Gasteiger partial charge in [0, 0.05) is 12.6 Å². The summed E-state index contributed by atoms with van der Waals surface area (Å²) in [5.74, 6) is 0. The van der Waals surface area contributed by atoms with E-state index in [0.717, 1.165) is 38.9 Å². The SMILES string of the molecule is C=CCCCCCC(O)C1CN(C)CCCN1C. The number of hydrogen-bond donors (Lipinski definition) is 1. The molecule has 1 N–H and O–H groups in total. The zero-order chi connectivity index (χ0) is 13.4. The zero-order valence-corrected chi connectivity index (χ0v) is 12.1. The number of likely N-dealkylation sites (N-methyl/N-ethyl adjacent to an activating group) is 2. The molecule has 1 rings (SSSR count). The van der Waals surface area contributed by atoms with Crippen LogP contribution in [0.5, 0.6) is 0 Å². The Hall–Kier alpha value is -0.380. The van der Waals surface area contributed by atoms with Crippen LogP contribution in [0.2, 0.25) is 0 Å². The molecule has 1 aliphatic heterocycles. The molecule has 0 bridgehead atoms. The van der Waals surface area contributed by atoms with Gasteiger partial charge < -0.3 is 10.0 Å². The highest BCUT2D eigenvalue weighted by Crippen LogP contribution is 2.15. The van der Waals surface area contributed by atoms with Gasteiger partial charge in [-0.3, -0.25) is 4.90 Å². The van der Waals surface area contributed by atoms with E-state index in [1.165, 1.54) is 19.3 Å². The second-order valence-corrected chi connectivity index (χ2v) is 5.66. The van der Waals surface area contributed by atoms with Crippen molar-refractivity contribution in [3.8, 4) is 0 Å². The molecule has 3 nitrogen and oxygen atoms in total. The molecular formula is C15H30N2O. The first-order valence-corrected chi connectivity index (χ1v) is 7.33. The van der Waals surface area contributed by atoms with Gasteiger partial charge in [-0.05, 0) is 52.9 Å². The monoisotopic (exact) mass is 254 g/mol. The molecule has 0 aromatic heterocycles. The molecule has 0 aliphatic carbocycles. The van der Waals surface area contributed by atoms with E-state index in [9.17, 15) is 5.11 Å². The Morgan fingerprint density at radius 1 is 1.28 bits per heavy atom. The van der Waals surface area contributed by atoms with E-state index in [2.05, 4.69) is 30.5 Å². The van der Waals surface area contributed by atoms with Gasteiger partial charge in [0.2, 0.25) is 0 Å². The minimum Gasteiger partial charge on any atom is -0.391 e. The lowest BCUT2D eigenvalue weighted by molar-refractivity contribution is 0.0501. The molecule has 0 aromatic rings. The Bertz CT molecular complexity index is 233. The molecule has 0 saturated carbocycles. The smallest absolute Gasteiger partial charge is 0.0707 e. The van der Waals surface area contributed by atoms with E-state index in [-0.39, 0.29) is 6.10 Å². The van der Waals surface area contributed by atoms with Gasteiger partial charge in [0.05, 0.1) is 6.10 Å². The molecule has 1 fully saturated rings. The van der Waals surface area contributed by atoms with Gasteiger partial charge in [-0.2, -0.15) is 0 Å². The Labute approximate surface area is 112 Å². The molecule has 0 spiro atoms. The number of rotatable bonds is 7. The van der Waals surface area contributed by atoms with Crippen molar-refractivity contribution in [3.63, 3.8) is 0 Å². The van der Waals surface area contributed by atoms with Crippen LogP contribution in [0.25, 0.3) is 0 Å². The van der Waals surface area contributed by atoms with E-state index in [4.69, 9.17) is 0 Å². The van der Waals surface area contributed by atoms with Crippen LogP contribution in [0.4, 0.5) is 0 Å². The van der Waals surface area contributed by atoms with Gasteiger partial charge >= 0.3 is 0 Å². The molecule has 1 saturated heterocycles. The van der Waals surface area contributed by atoms with Crippen molar-refractivity contribution in [2.45, 2.75) is 50.7 Å². The summed E-state index contributed by atoms with van der Waals surface area (Å²) in [5, 5.41) is 10.4. The molecular weight excluding hydrogens is 224 g/mol. The molecule has 106 valence electrons. The summed E-state index contributed by atoms with van der Waals surface area (Å²) in [6.45, 7) is 6.97. The van der Waals surface area contributed by atoms with E-state index < -0.39 is 0 Å². The number of aliphatic hydroxyl groups is 1. The van der Waals surface area contributed by atoms with Crippen LogP contribution in [0.1, 0.15) is 38.5 Å². The Balaban J connectivity index is 2.29. The Kier molecular flexibility index (Phi) is 7.56. The predicted octanol–water partition coefficient (Wildman–Crippen LogP) is 2.12. The summed E-state index contributed by atoms with van der Waals surface area (Å²) in [6, 6.07) is 0.303. The van der Waals surface area contributed by atoms with Gasteiger partial charge in [0.1, 0.15) is 0 Å². The fourth-order valence-corrected chi connectivity index (χ4v) is 2.73. The van der Waals surface area contributed by atoms with Crippen molar-refractivity contribution in [1.29, 1.82) is 0 Å². The molecule has 0 aromatic carbocycles. The standard InChI is InChI=1S/C15H30N2O/c1-4-5-6-7-8-10-15(18)14-13-16(2)11-9-12-17(14)3/h4,14-15,18H,1,5-13H2,2-3H3. The van der Waals surface area contributed by atoms with Crippen LogP contribution in [0.3, 0.4) is 0 Å². The Morgan fingerprint density at radius 3 is 2.78 bits per heavy atom. The minimum atomic E-state index is -0.181. The van der Waals surface area contributed by atoms with Crippen LogP contribution in [0.15, 0.2) is 12.7 Å². The van der Waals surface area contributed by atoms with E-state index in [1.54, 1.807) is 0 Å². The highest BCUT2D eigenvalue weighted by molar-refractivity contribution is 4.82. The van der Waals surface area contributed by atoms with Crippen molar-refractivity contribution in [2.24, 2.45) is 0 Å². The summed E-state index contributed by atoms with van der Waals surface area (Å²) in [7, 11) is 4.30. The summed E-state index contributed by atoms with van der Waals surface area (Å²) in [5.41, 5.74) is 0. The van der Waals surface area contributed by atoms with Crippen molar-refractivity contribution in [3.05, 3.63) is 12.7 Å². The lowest BCUT2D eigenvalue weighted by atomic mass is 10.0. The first-order valence-electron chi connectivity index (χ1n) is 7.33. The third-order valence-electron chi connectivity index (χ3n) is 3.97. The topological polar surface area (TPSA) is 26.7 Å². The number of unbranched alkanes of at least 4 members (excludes halogenated alkanes) is 3. The fourth-order valence-electron chi connectivity index (χ4n) is 2.73. The summed E-state index contributed by atoms with van der Waals surface area (Å²) >= 11 is 0. The van der Waals surface area contributed by atoms with Crippen LogP contribution in [-0.4, -0.2) is 60.8 Å². The molecule has 0 radical (unpaired) electrons. The van der Waals surface area contributed by atoms with E-state index in [0.29, 0.717) is 6.04 Å².